The van der Waals surface area contributed by atoms with Gasteiger partial charge in [0.2, 0.25) is 5.95 Å². The second kappa shape index (κ2) is 6.46. The van der Waals surface area contributed by atoms with Gasteiger partial charge in [-0.3, -0.25) is 0 Å². The van der Waals surface area contributed by atoms with E-state index in [9.17, 15) is 0 Å². The number of anilines is 1. The molecule has 0 bridgehead atoms. The summed E-state index contributed by atoms with van der Waals surface area (Å²) in [7, 11) is 0. The molecule has 0 amide bonds. The normalized spacial score (nSPS) is 10.4. The lowest BCUT2D eigenvalue weighted by atomic mass is 10.2. The summed E-state index contributed by atoms with van der Waals surface area (Å²) in [5, 5.41) is 3.25. The predicted octanol–water partition coefficient (Wildman–Crippen LogP) is 2.90. The molecule has 1 rings (SSSR count). The van der Waals surface area contributed by atoms with Gasteiger partial charge in [0.05, 0.1) is 0 Å². The summed E-state index contributed by atoms with van der Waals surface area (Å²) in [5.41, 5.74) is 0. The van der Waals surface area contributed by atoms with E-state index in [-0.39, 0.29) is 0 Å². The fourth-order valence-corrected chi connectivity index (χ4v) is 1.52. The minimum Gasteiger partial charge on any atom is -0.356 e. The van der Waals surface area contributed by atoms with Crippen LogP contribution in [-0.4, -0.2) is 16.1 Å². The average molecular weight is 195 g/mol. The first-order valence-electron chi connectivity index (χ1n) is 5.63. The number of imidazole rings is 1. The summed E-state index contributed by atoms with van der Waals surface area (Å²) >= 11 is 0. The van der Waals surface area contributed by atoms with E-state index >= 15 is 0 Å². The molecule has 0 spiro atoms. The van der Waals surface area contributed by atoms with Gasteiger partial charge in [0.25, 0.3) is 0 Å². The molecule has 1 heterocycles. The van der Waals surface area contributed by atoms with Crippen molar-refractivity contribution in [2.24, 2.45) is 0 Å². The molecule has 0 unspecified atom stereocenters. The molecule has 0 aliphatic carbocycles. The second-order valence-corrected chi connectivity index (χ2v) is 3.54. The molecule has 3 heteroatoms. The molecule has 3 nitrogen and oxygen atoms in total. The lowest BCUT2D eigenvalue weighted by molar-refractivity contribution is 0.585. The van der Waals surface area contributed by atoms with Crippen LogP contribution < -0.4 is 5.32 Å². The van der Waals surface area contributed by atoms with Crippen LogP contribution in [0.2, 0.25) is 0 Å². The van der Waals surface area contributed by atoms with Crippen LogP contribution in [0, 0.1) is 0 Å². The Morgan fingerprint density at radius 3 is 2.86 bits per heavy atom. The molecule has 14 heavy (non-hydrogen) atoms. The van der Waals surface area contributed by atoms with Gasteiger partial charge in [-0.25, -0.2) is 4.98 Å². The molecule has 1 N–H and O–H groups in total. The lowest BCUT2D eigenvalue weighted by Gasteiger charge is -2.07. The SMILES string of the molecule is CCCCCCn1ccnc1NCC. The van der Waals surface area contributed by atoms with Gasteiger partial charge in [0.1, 0.15) is 0 Å². The summed E-state index contributed by atoms with van der Waals surface area (Å²) < 4.78 is 2.19. The average Bonchev–Trinajstić information content (AvgIpc) is 2.61. The van der Waals surface area contributed by atoms with E-state index in [0.717, 1.165) is 19.0 Å². The zero-order chi connectivity index (χ0) is 10.2. The zero-order valence-corrected chi connectivity index (χ0v) is 9.29. The molecule has 80 valence electrons. The Labute approximate surface area is 86.5 Å². The van der Waals surface area contributed by atoms with Crippen molar-refractivity contribution in [3.8, 4) is 0 Å². The predicted molar refractivity (Wildman–Crippen MR) is 60.5 cm³/mol. The number of rotatable bonds is 7. The van der Waals surface area contributed by atoms with Crippen molar-refractivity contribution >= 4 is 5.95 Å². The summed E-state index contributed by atoms with van der Waals surface area (Å²) in [6.07, 6.45) is 9.11. The number of nitrogens with one attached hydrogen (secondary N) is 1. The molecule has 0 saturated heterocycles. The second-order valence-electron chi connectivity index (χ2n) is 3.54. The summed E-state index contributed by atoms with van der Waals surface area (Å²) in [4.78, 5) is 4.26. The van der Waals surface area contributed by atoms with E-state index in [1.54, 1.807) is 0 Å². The number of aromatic nitrogens is 2. The van der Waals surface area contributed by atoms with Gasteiger partial charge in [-0.15, -0.1) is 0 Å². The molecule has 1 aromatic heterocycles. The van der Waals surface area contributed by atoms with Crippen LogP contribution in [0.25, 0.3) is 0 Å². The molecular formula is C11H21N3. The third-order valence-corrected chi connectivity index (χ3v) is 2.30. The fraction of sp³-hybridized carbons (Fsp3) is 0.727. The fourth-order valence-electron chi connectivity index (χ4n) is 1.52. The van der Waals surface area contributed by atoms with Crippen LogP contribution >= 0.6 is 0 Å². The minimum atomic E-state index is 0.936. The van der Waals surface area contributed by atoms with Gasteiger partial charge in [-0.05, 0) is 13.3 Å². The number of hydrogen-bond donors (Lipinski definition) is 1. The molecule has 0 aliphatic rings. The maximum Gasteiger partial charge on any atom is 0.202 e. The highest BCUT2D eigenvalue weighted by atomic mass is 15.2. The number of nitrogens with zero attached hydrogens (tertiary/aromatic N) is 2. The highest BCUT2D eigenvalue weighted by Gasteiger charge is 1.99. The van der Waals surface area contributed by atoms with Crippen LogP contribution in [0.4, 0.5) is 5.95 Å². The van der Waals surface area contributed by atoms with E-state index in [0.29, 0.717) is 0 Å². The highest BCUT2D eigenvalue weighted by Crippen LogP contribution is 2.07. The van der Waals surface area contributed by atoms with E-state index in [4.69, 9.17) is 0 Å². The minimum absolute atomic E-state index is 0.936. The van der Waals surface area contributed by atoms with Gasteiger partial charge in [-0.2, -0.15) is 0 Å². The summed E-state index contributed by atoms with van der Waals surface area (Å²) in [5.74, 6) is 1.00. The van der Waals surface area contributed by atoms with Gasteiger partial charge < -0.3 is 9.88 Å². The zero-order valence-electron chi connectivity index (χ0n) is 9.29. The van der Waals surface area contributed by atoms with Crippen LogP contribution in [0.15, 0.2) is 12.4 Å². The van der Waals surface area contributed by atoms with Crippen molar-refractivity contribution in [2.75, 3.05) is 11.9 Å². The van der Waals surface area contributed by atoms with Gasteiger partial charge in [0.15, 0.2) is 0 Å². The Morgan fingerprint density at radius 1 is 1.29 bits per heavy atom. The maximum atomic E-state index is 4.26. The number of hydrogen-bond acceptors (Lipinski definition) is 2. The molecule has 0 saturated carbocycles. The Morgan fingerprint density at radius 2 is 2.14 bits per heavy atom. The van der Waals surface area contributed by atoms with Crippen LogP contribution in [0.3, 0.4) is 0 Å². The van der Waals surface area contributed by atoms with Crippen molar-refractivity contribution in [1.82, 2.24) is 9.55 Å². The Kier molecular flexibility index (Phi) is 5.12. The molecule has 0 aliphatic heterocycles. The van der Waals surface area contributed by atoms with Crippen molar-refractivity contribution < 1.29 is 0 Å². The Hall–Kier alpha value is -0.990. The van der Waals surface area contributed by atoms with E-state index < -0.39 is 0 Å². The third-order valence-electron chi connectivity index (χ3n) is 2.30. The third kappa shape index (κ3) is 3.40. The molecular weight excluding hydrogens is 174 g/mol. The first-order valence-corrected chi connectivity index (χ1v) is 5.63. The molecule has 1 aromatic rings. The van der Waals surface area contributed by atoms with Crippen molar-refractivity contribution in [1.29, 1.82) is 0 Å². The number of unbranched alkanes of at least 4 members (excludes halogenated alkanes) is 3. The summed E-state index contributed by atoms with van der Waals surface area (Å²) in [6.45, 7) is 6.35. The molecule has 0 aromatic carbocycles. The van der Waals surface area contributed by atoms with E-state index in [1.165, 1.54) is 25.7 Å². The van der Waals surface area contributed by atoms with Crippen LogP contribution in [-0.2, 0) is 6.54 Å². The van der Waals surface area contributed by atoms with Gasteiger partial charge in [0, 0.05) is 25.5 Å². The summed E-state index contributed by atoms with van der Waals surface area (Å²) in [6, 6.07) is 0. The lowest BCUT2D eigenvalue weighted by Crippen LogP contribution is -2.06. The highest BCUT2D eigenvalue weighted by molar-refractivity contribution is 5.25. The van der Waals surface area contributed by atoms with Gasteiger partial charge >= 0.3 is 0 Å². The smallest absolute Gasteiger partial charge is 0.202 e. The first kappa shape index (κ1) is 11.1. The first-order chi connectivity index (χ1) is 6.88. The molecule has 0 atom stereocenters. The van der Waals surface area contributed by atoms with Gasteiger partial charge in [-0.1, -0.05) is 26.2 Å². The Bertz CT molecular complexity index is 242. The standard InChI is InChI=1S/C11H21N3/c1-3-5-6-7-9-14-10-8-13-11(14)12-4-2/h8,10H,3-7,9H2,1-2H3,(H,12,13). The largest absolute Gasteiger partial charge is 0.356 e. The topological polar surface area (TPSA) is 29.9 Å². The van der Waals surface area contributed by atoms with Crippen LogP contribution in [0.1, 0.15) is 39.5 Å². The van der Waals surface area contributed by atoms with Crippen molar-refractivity contribution in [3.63, 3.8) is 0 Å². The molecule has 0 radical (unpaired) electrons. The molecule has 0 fully saturated rings. The van der Waals surface area contributed by atoms with E-state index in [1.807, 2.05) is 12.4 Å². The van der Waals surface area contributed by atoms with Crippen molar-refractivity contribution in [3.05, 3.63) is 12.4 Å². The monoisotopic (exact) mass is 195 g/mol. The maximum absolute atomic E-state index is 4.26. The van der Waals surface area contributed by atoms with Crippen molar-refractivity contribution in [2.45, 2.75) is 46.1 Å². The van der Waals surface area contributed by atoms with E-state index in [2.05, 4.69) is 28.7 Å². The quantitative estimate of drug-likeness (QED) is 0.678. The van der Waals surface area contributed by atoms with Crippen LogP contribution in [0.5, 0.6) is 0 Å². The number of aryl methyl sites for hydroxylation is 1. The Balaban J connectivity index is 2.30.